The molecule has 0 aliphatic heterocycles. The molecule has 0 aromatic rings. The molecule has 0 radical (unpaired) electrons. The lowest BCUT2D eigenvalue weighted by molar-refractivity contribution is -0.139. The van der Waals surface area contributed by atoms with Crippen LogP contribution >= 0.6 is 0 Å². The molecule has 15 heavy (non-hydrogen) atoms. The van der Waals surface area contributed by atoms with Gasteiger partial charge in [0, 0.05) is 0 Å². The van der Waals surface area contributed by atoms with Crippen molar-refractivity contribution >= 4 is 5.97 Å². The average molecular weight is 210 g/mol. The number of unbranched alkanes of at least 4 members (excludes halogenated alkanes) is 2. The molecule has 0 aromatic carbocycles. The second-order valence-corrected chi connectivity index (χ2v) is 4.86. The summed E-state index contributed by atoms with van der Waals surface area (Å²) in [5.41, 5.74) is 1.33. The summed E-state index contributed by atoms with van der Waals surface area (Å²) >= 11 is 0. The van der Waals surface area contributed by atoms with E-state index in [1.165, 1.54) is 24.8 Å². The summed E-state index contributed by atoms with van der Waals surface area (Å²) in [6.45, 7) is 4.30. The van der Waals surface area contributed by atoms with Crippen LogP contribution in [0.2, 0.25) is 0 Å². The molecule has 1 aliphatic rings. The SMILES string of the molecule is CCCCCC1=CCCC1(C)CC(=O)O. The van der Waals surface area contributed by atoms with E-state index in [2.05, 4.69) is 19.9 Å². The lowest BCUT2D eigenvalue weighted by Gasteiger charge is -2.26. The third-order valence-electron chi connectivity index (χ3n) is 3.45. The van der Waals surface area contributed by atoms with Crippen LogP contribution in [0.1, 0.15) is 58.8 Å². The minimum Gasteiger partial charge on any atom is -0.481 e. The Morgan fingerprint density at radius 2 is 2.27 bits per heavy atom. The van der Waals surface area contributed by atoms with Crippen molar-refractivity contribution in [2.45, 2.75) is 58.8 Å². The van der Waals surface area contributed by atoms with E-state index in [-0.39, 0.29) is 5.41 Å². The quantitative estimate of drug-likeness (QED) is 0.535. The predicted octanol–water partition coefficient (Wildman–Crippen LogP) is 3.77. The highest BCUT2D eigenvalue weighted by atomic mass is 16.4. The number of carboxylic acids is 1. The first-order valence-corrected chi connectivity index (χ1v) is 6.00. The first-order chi connectivity index (χ1) is 7.08. The monoisotopic (exact) mass is 210 g/mol. The molecule has 0 heterocycles. The zero-order valence-electron chi connectivity index (χ0n) is 9.88. The van der Waals surface area contributed by atoms with Gasteiger partial charge in [0.05, 0.1) is 6.42 Å². The number of carbonyl (C=O) groups is 1. The molecule has 1 unspecified atom stereocenters. The van der Waals surface area contributed by atoms with E-state index >= 15 is 0 Å². The van der Waals surface area contributed by atoms with Crippen LogP contribution in [-0.4, -0.2) is 11.1 Å². The van der Waals surface area contributed by atoms with Gasteiger partial charge in [-0.3, -0.25) is 4.79 Å². The Balaban J connectivity index is 2.50. The van der Waals surface area contributed by atoms with E-state index in [0.717, 1.165) is 19.3 Å². The number of hydrogen-bond donors (Lipinski definition) is 1. The molecular formula is C13H22O2. The van der Waals surface area contributed by atoms with Gasteiger partial charge < -0.3 is 5.11 Å². The fourth-order valence-corrected chi connectivity index (χ4v) is 2.48. The van der Waals surface area contributed by atoms with Gasteiger partial charge in [-0.2, -0.15) is 0 Å². The fraction of sp³-hybridized carbons (Fsp3) is 0.769. The Labute approximate surface area is 92.4 Å². The summed E-state index contributed by atoms with van der Waals surface area (Å²) in [7, 11) is 0. The van der Waals surface area contributed by atoms with E-state index in [9.17, 15) is 4.79 Å². The summed E-state index contributed by atoms with van der Waals surface area (Å²) in [4.78, 5) is 10.8. The highest BCUT2D eigenvalue weighted by Gasteiger charge is 2.33. The van der Waals surface area contributed by atoms with Gasteiger partial charge in [0.2, 0.25) is 0 Å². The van der Waals surface area contributed by atoms with Gasteiger partial charge in [0.25, 0.3) is 0 Å². The molecule has 1 N–H and O–H groups in total. The van der Waals surface area contributed by atoms with E-state index in [0.29, 0.717) is 6.42 Å². The second kappa shape index (κ2) is 5.34. The van der Waals surface area contributed by atoms with Gasteiger partial charge in [-0.1, -0.05) is 38.3 Å². The summed E-state index contributed by atoms with van der Waals surface area (Å²) in [6, 6.07) is 0. The lowest BCUT2D eigenvalue weighted by atomic mass is 9.78. The van der Waals surface area contributed by atoms with E-state index in [1.807, 2.05) is 0 Å². The first kappa shape index (κ1) is 12.3. The van der Waals surface area contributed by atoms with Gasteiger partial charge in [0.1, 0.15) is 0 Å². The van der Waals surface area contributed by atoms with Crippen LogP contribution in [-0.2, 0) is 4.79 Å². The molecular weight excluding hydrogens is 188 g/mol. The van der Waals surface area contributed by atoms with Crippen molar-refractivity contribution in [3.05, 3.63) is 11.6 Å². The van der Waals surface area contributed by atoms with Gasteiger partial charge in [0.15, 0.2) is 0 Å². The molecule has 0 spiro atoms. The van der Waals surface area contributed by atoms with Crippen molar-refractivity contribution in [2.24, 2.45) is 5.41 Å². The van der Waals surface area contributed by atoms with Crippen LogP contribution in [0.25, 0.3) is 0 Å². The Morgan fingerprint density at radius 3 is 2.87 bits per heavy atom. The normalized spacial score (nSPS) is 25.3. The molecule has 0 aromatic heterocycles. The van der Waals surface area contributed by atoms with Crippen molar-refractivity contribution in [1.29, 1.82) is 0 Å². The van der Waals surface area contributed by atoms with Crippen molar-refractivity contribution < 1.29 is 9.90 Å². The molecule has 1 aliphatic carbocycles. The predicted molar refractivity (Wildman–Crippen MR) is 61.8 cm³/mol. The molecule has 0 fully saturated rings. The van der Waals surface area contributed by atoms with Crippen molar-refractivity contribution in [3.8, 4) is 0 Å². The maximum Gasteiger partial charge on any atom is 0.304 e. The van der Waals surface area contributed by atoms with E-state index in [4.69, 9.17) is 5.11 Å². The third-order valence-corrected chi connectivity index (χ3v) is 3.45. The van der Waals surface area contributed by atoms with Gasteiger partial charge in [-0.15, -0.1) is 0 Å². The number of allylic oxidation sites excluding steroid dienone is 2. The molecule has 0 saturated carbocycles. The summed E-state index contributed by atoms with van der Waals surface area (Å²) in [5, 5.41) is 8.90. The van der Waals surface area contributed by atoms with E-state index < -0.39 is 5.97 Å². The maximum atomic E-state index is 10.8. The number of aliphatic carboxylic acids is 1. The average Bonchev–Trinajstić information content (AvgIpc) is 2.47. The van der Waals surface area contributed by atoms with Crippen LogP contribution in [0.5, 0.6) is 0 Å². The Hall–Kier alpha value is -0.790. The zero-order chi connectivity index (χ0) is 11.3. The van der Waals surface area contributed by atoms with Crippen molar-refractivity contribution in [2.75, 3.05) is 0 Å². The topological polar surface area (TPSA) is 37.3 Å². The number of carboxylic acid groups (broad SMARTS) is 1. The van der Waals surface area contributed by atoms with E-state index in [1.54, 1.807) is 0 Å². The van der Waals surface area contributed by atoms with Crippen molar-refractivity contribution in [1.82, 2.24) is 0 Å². The molecule has 1 rings (SSSR count). The first-order valence-electron chi connectivity index (χ1n) is 6.00. The molecule has 1 atom stereocenters. The van der Waals surface area contributed by atoms with Crippen LogP contribution in [0.15, 0.2) is 11.6 Å². The molecule has 0 amide bonds. The minimum atomic E-state index is -0.666. The smallest absolute Gasteiger partial charge is 0.304 e. The van der Waals surface area contributed by atoms with Gasteiger partial charge in [-0.05, 0) is 31.1 Å². The molecule has 0 saturated heterocycles. The standard InChI is InChI=1S/C13H22O2/c1-3-4-5-7-11-8-6-9-13(11,2)10-12(14)15/h8H,3-7,9-10H2,1-2H3,(H,14,15). The molecule has 0 bridgehead atoms. The largest absolute Gasteiger partial charge is 0.481 e. The van der Waals surface area contributed by atoms with Gasteiger partial charge >= 0.3 is 5.97 Å². The Kier molecular flexibility index (Phi) is 4.37. The maximum absolute atomic E-state index is 10.8. The highest BCUT2D eigenvalue weighted by molar-refractivity contribution is 5.68. The highest BCUT2D eigenvalue weighted by Crippen LogP contribution is 2.43. The van der Waals surface area contributed by atoms with Crippen molar-refractivity contribution in [3.63, 3.8) is 0 Å². The third kappa shape index (κ3) is 3.37. The number of rotatable bonds is 6. The molecule has 86 valence electrons. The van der Waals surface area contributed by atoms with Crippen LogP contribution in [0, 0.1) is 5.41 Å². The minimum absolute atomic E-state index is 0.0560. The summed E-state index contributed by atoms with van der Waals surface area (Å²) in [6.07, 6.45) is 9.41. The lowest BCUT2D eigenvalue weighted by Crippen LogP contribution is -2.20. The Morgan fingerprint density at radius 1 is 1.53 bits per heavy atom. The number of hydrogen-bond acceptors (Lipinski definition) is 1. The van der Waals surface area contributed by atoms with Gasteiger partial charge in [-0.25, -0.2) is 0 Å². The zero-order valence-corrected chi connectivity index (χ0v) is 9.88. The summed E-state index contributed by atoms with van der Waals surface area (Å²) in [5.74, 6) is -0.666. The Bertz CT molecular complexity index is 255. The second-order valence-electron chi connectivity index (χ2n) is 4.86. The molecule has 2 nitrogen and oxygen atoms in total. The van der Waals surface area contributed by atoms with Crippen LogP contribution < -0.4 is 0 Å². The fourth-order valence-electron chi connectivity index (χ4n) is 2.48. The van der Waals surface area contributed by atoms with Crippen LogP contribution in [0.4, 0.5) is 0 Å². The summed E-state index contributed by atoms with van der Waals surface area (Å²) < 4.78 is 0. The molecule has 2 heteroatoms. The van der Waals surface area contributed by atoms with Crippen LogP contribution in [0.3, 0.4) is 0 Å².